The number of rotatable bonds is 2. The predicted molar refractivity (Wildman–Crippen MR) is 53.4 cm³/mol. The SMILES string of the molecule is COC[N+]1(C)CCCC1.N#CN=C=[N-]. The third-order valence-corrected chi connectivity index (χ3v) is 2.19. The van der Waals surface area contributed by atoms with Gasteiger partial charge in [0.05, 0.1) is 26.3 Å². The van der Waals surface area contributed by atoms with Crippen molar-refractivity contribution in [3.05, 3.63) is 5.41 Å². The fourth-order valence-corrected chi connectivity index (χ4v) is 1.56. The Morgan fingerprint density at radius 2 is 2.07 bits per heavy atom. The number of quaternary nitrogens is 1. The van der Waals surface area contributed by atoms with Crippen molar-refractivity contribution in [3.8, 4) is 6.19 Å². The zero-order valence-corrected chi connectivity index (χ0v) is 8.73. The van der Waals surface area contributed by atoms with Crippen LogP contribution in [0.5, 0.6) is 0 Å². The van der Waals surface area contributed by atoms with E-state index in [1.54, 1.807) is 7.11 Å². The number of methoxy groups -OCH3 is 1. The minimum Gasteiger partial charge on any atom is -0.422 e. The average molecular weight is 196 g/mol. The molecular formula is C9H16N4O. The maximum atomic E-state index is 7.43. The summed E-state index contributed by atoms with van der Waals surface area (Å²) in [5.41, 5.74) is 0. The quantitative estimate of drug-likeness (QED) is 0.376. The van der Waals surface area contributed by atoms with Crippen LogP contribution in [0.15, 0.2) is 4.99 Å². The lowest BCUT2D eigenvalue weighted by Crippen LogP contribution is -2.42. The molecule has 1 heterocycles. The Kier molecular flexibility index (Phi) is 6.59. The van der Waals surface area contributed by atoms with Gasteiger partial charge in [0.15, 0.2) is 6.73 Å². The van der Waals surface area contributed by atoms with E-state index >= 15 is 0 Å². The molecule has 0 amide bonds. The lowest BCUT2D eigenvalue weighted by atomic mass is 10.4. The van der Waals surface area contributed by atoms with Crippen molar-refractivity contribution in [2.75, 3.05) is 34.0 Å². The lowest BCUT2D eigenvalue weighted by molar-refractivity contribution is -0.916. The highest BCUT2D eigenvalue weighted by molar-refractivity contribution is 5.46. The molecule has 5 nitrogen and oxygen atoms in total. The first kappa shape index (κ1) is 12.8. The van der Waals surface area contributed by atoms with Crippen molar-refractivity contribution in [1.82, 2.24) is 0 Å². The normalized spacial score (nSPS) is 17.2. The number of hydrogen-bond donors (Lipinski definition) is 0. The molecule has 0 saturated carbocycles. The Labute approximate surface area is 84.7 Å². The molecule has 0 spiro atoms. The Morgan fingerprint density at radius 1 is 1.50 bits per heavy atom. The second kappa shape index (κ2) is 7.22. The van der Waals surface area contributed by atoms with Crippen molar-refractivity contribution in [2.45, 2.75) is 12.8 Å². The van der Waals surface area contributed by atoms with E-state index in [0.29, 0.717) is 0 Å². The van der Waals surface area contributed by atoms with Gasteiger partial charge in [0.2, 0.25) is 0 Å². The molecule has 0 atom stereocenters. The molecule has 0 bridgehead atoms. The summed E-state index contributed by atoms with van der Waals surface area (Å²) in [5.74, 6) is 0. The van der Waals surface area contributed by atoms with E-state index in [-0.39, 0.29) is 0 Å². The molecule has 0 unspecified atom stereocenters. The second-order valence-electron chi connectivity index (χ2n) is 3.50. The van der Waals surface area contributed by atoms with Crippen LogP contribution in [0, 0.1) is 11.5 Å². The van der Waals surface area contributed by atoms with Crippen LogP contribution in [0.1, 0.15) is 12.8 Å². The molecule has 0 N–H and O–H groups in total. The number of ether oxygens (including phenoxy) is 1. The fraction of sp³-hybridized carbons (Fsp3) is 0.778. The van der Waals surface area contributed by atoms with E-state index in [1.807, 2.05) is 0 Å². The van der Waals surface area contributed by atoms with Crippen LogP contribution in [0.2, 0.25) is 0 Å². The van der Waals surface area contributed by atoms with Gasteiger partial charge in [0, 0.05) is 20.0 Å². The molecule has 1 aliphatic rings. The Morgan fingerprint density at radius 3 is 2.36 bits per heavy atom. The number of nitriles is 1. The van der Waals surface area contributed by atoms with Crippen molar-refractivity contribution >= 4 is 6.01 Å². The zero-order chi connectivity index (χ0) is 10.9. The summed E-state index contributed by atoms with van der Waals surface area (Å²) >= 11 is 0. The number of likely N-dealkylation sites (tertiary alicyclic amines) is 1. The van der Waals surface area contributed by atoms with E-state index < -0.39 is 0 Å². The summed E-state index contributed by atoms with van der Waals surface area (Å²) < 4.78 is 6.22. The summed E-state index contributed by atoms with van der Waals surface area (Å²) in [4.78, 5) is 2.58. The smallest absolute Gasteiger partial charge is 0.182 e. The van der Waals surface area contributed by atoms with Gasteiger partial charge >= 0.3 is 0 Å². The Bertz CT molecular complexity index is 234. The summed E-state index contributed by atoms with van der Waals surface area (Å²) in [6, 6.07) is 1.28. The fourth-order valence-electron chi connectivity index (χ4n) is 1.56. The van der Waals surface area contributed by atoms with Gasteiger partial charge in [-0.2, -0.15) is 5.26 Å². The van der Waals surface area contributed by atoms with Gasteiger partial charge in [-0.05, 0) is 0 Å². The molecule has 0 aliphatic carbocycles. The van der Waals surface area contributed by atoms with Crippen LogP contribution in [0.25, 0.3) is 5.41 Å². The van der Waals surface area contributed by atoms with Gasteiger partial charge in [-0.15, -0.1) is 6.01 Å². The molecule has 0 aromatic carbocycles. The molecule has 0 aromatic heterocycles. The molecule has 1 rings (SSSR count). The number of hydrogen-bond acceptors (Lipinski definition) is 3. The van der Waals surface area contributed by atoms with Gasteiger partial charge < -0.3 is 19.6 Å². The van der Waals surface area contributed by atoms with E-state index in [2.05, 4.69) is 12.0 Å². The van der Waals surface area contributed by atoms with Gasteiger partial charge in [0.25, 0.3) is 0 Å². The third kappa shape index (κ3) is 5.44. The standard InChI is InChI=1S/C7H16NO.C2N3/c1-8(7-9-2)5-3-4-6-8;3-1-5-2-4/h3-7H2,1-2H3;/q+1;-1. The molecule has 1 fully saturated rings. The monoisotopic (exact) mass is 196 g/mol. The molecule has 0 radical (unpaired) electrons. The predicted octanol–water partition coefficient (Wildman–Crippen LogP) is 1.04. The number of nitrogens with zero attached hydrogens (tertiary/aromatic N) is 4. The molecular weight excluding hydrogens is 180 g/mol. The van der Waals surface area contributed by atoms with Crippen LogP contribution < -0.4 is 0 Å². The number of aliphatic imine (C=N–C) groups is 1. The van der Waals surface area contributed by atoms with E-state index in [1.165, 1.54) is 38.1 Å². The molecule has 14 heavy (non-hydrogen) atoms. The summed E-state index contributed by atoms with van der Waals surface area (Å²) in [7, 11) is 4.04. The highest BCUT2D eigenvalue weighted by atomic mass is 16.5. The summed E-state index contributed by atoms with van der Waals surface area (Å²) in [6.07, 6.45) is 4.03. The van der Waals surface area contributed by atoms with E-state index in [4.69, 9.17) is 15.4 Å². The highest BCUT2D eigenvalue weighted by Gasteiger charge is 2.25. The van der Waals surface area contributed by atoms with Gasteiger partial charge in [-0.3, -0.25) is 0 Å². The minimum absolute atomic E-state index is 0.889. The molecule has 78 valence electrons. The molecule has 1 aliphatic heterocycles. The lowest BCUT2D eigenvalue weighted by Gasteiger charge is -2.27. The van der Waals surface area contributed by atoms with Gasteiger partial charge in [-0.25, -0.2) is 0 Å². The van der Waals surface area contributed by atoms with Crippen LogP contribution in [0.4, 0.5) is 0 Å². The second-order valence-corrected chi connectivity index (χ2v) is 3.50. The maximum absolute atomic E-state index is 7.43. The third-order valence-electron chi connectivity index (χ3n) is 2.19. The van der Waals surface area contributed by atoms with Crippen molar-refractivity contribution < 1.29 is 9.22 Å². The first-order valence-electron chi connectivity index (χ1n) is 4.49. The largest absolute Gasteiger partial charge is 0.422 e. The average Bonchev–Trinajstić information content (AvgIpc) is 2.55. The first-order chi connectivity index (χ1) is 6.68. The molecule has 5 heteroatoms. The summed E-state index contributed by atoms with van der Waals surface area (Å²) in [6.45, 7) is 3.49. The van der Waals surface area contributed by atoms with E-state index in [9.17, 15) is 0 Å². The van der Waals surface area contributed by atoms with Crippen molar-refractivity contribution in [3.63, 3.8) is 0 Å². The molecule has 0 aromatic rings. The van der Waals surface area contributed by atoms with Crippen LogP contribution in [-0.4, -0.2) is 44.5 Å². The topological polar surface area (TPSA) is 67.7 Å². The summed E-state index contributed by atoms with van der Waals surface area (Å²) in [5, 5.41) is 14.9. The zero-order valence-electron chi connectivity index (χ0n) is 8.73. The van der Waals surface area contributed by atoms with Crippen LogP contribution in [-0.2, 0) is 4.74 Å². The van der Waals surface area contributed by atoms with Crippen molar-refractivity contribution in [1.29, 1.82) is 5.26 Å². The van der Waals surface area contributed by atoms with Gasteiger partial charge in [0.1, 0.15) is 0 Å². The Hall–Kier alpha value is -1.21. The van der Waals surface area contributed by atoms with Crippen LogP contribution >= 0.6 is 0 Å². The molecule has 1 saturated heterocycles. The van der Waals surface area contributed by atoms with Crippen LogP contribution in [0.3, 0.4) is 0 Å². The first-order valence-corrected chi connectivity index (χ1v) is 4.49. The highest BCUT2D eigenvalue weighted by Crippen LogP contribution is 2.14. The van der Waals surface area contributed by atoms with Gasteiger partial charge in [-0.1, -0.05) is 0 Å². The Balaban J connectivity index is 0.000000292. The van der Waals surface area contributed by atoms with Crippen molar-refractivity contribution in [2.24, 2.45) is 4.99 Å². The minimum atomic E-state index is 0.889. The van der Waals surface area contributed by atoms with E-state index in [0.717, 1.165) is 11.2 Å². The maximum Gasteiger partial charge on any atom is 0.182 e.